The van der Waals surface area contributed by atoms with E-state index in [-0.39, 0.29) is 5.92 Å². The van der Waals surface area contributed by atoms with E-state index in [0.29, 0.717) is 32.7 Å². The predicted molar refractivity (Wildman–Crippen MR) is 76.8 cm³/mol. The number of ether oxygens (including phenoxy) is 2. The van der Waals surface area contributed by atoms with Gasteiger partial charge in [-0.3, -0.25) is 0 Å². The van der Waals surface area contributed by atoms with E-state index in [4.69, 9.17) is 9.47 Å². The zero-order valence-electron chi connectivity index (χ0n) is 12.6. The molecule has 0 saturated carbocycles. The average Bonchev–Trinajstić information content (AvgIpc) is 2.38. The normalized spacial score (nSPS) is 23.1. The van der Waals surface area contributed by atoms with Crippen LogP contribution in [-0.2, 0) is 19.5 Å². The van der Waals surface area contributed by atoms with Crippen LogP contribution in [0.5, 0.6) is 0 Å². The molecule has 0 aliphatic carbocycles. The summed E-state index contributed by atoms with van der Waals surface area (Å²) in [5.74, 6) is 0.150. The molecular formula is C13H27NO5S. The molecule has 1 fully saturated rings. The fraction of sp³-hybridized carbons (Fsp3) is 1.00. The Kier molecular flexibility index (Phi) is 7.39. The van der Waals surface area contributed by atoms with E-state index in [9.17, 15) is 13.5 Å². The summed E-state index contributed by atoms with van der Waals surface area (Å²) in [6.45, 7) is 5.70. The summed E-state index contributed by atoms with van der Waals surface area (Å²) in [5.41, 5.74) is 0. The van der Waals surface area contributed by atoms with E-state index >= 15 is 0 Å². The van der Waals surface area contributed by atoms with Crippen LogP contribution in [-0.4, -0.2) is 62.8 Å². The molecule has 0 aromatic heterocycles. The lowest BCUT2D eigenvalue weighted by atomic mass is 9.93. The smallest absolute Gasteiger partial charge is 0.211 e. The van der Waals surface area contributed by atoms with Gasteiger partial charge in [0.1, 0.15) is 6.10 Å². The van der Waals surface area contributed by atoms with Crippen molar-refractivity contribution in [3.63, 3.8) is 0 Å². The SMILES string of the molecule is CCOC(OCC)C(O)CC1CCCN(S(C)(=O)=O)C1. The number of piperidine rings is 1. The molecule has 0 amide bonds. The molecule has 20 heavy (non-hydrogen) atoms. The van der Waals surface area contributed by atoms with Crippen molar-refractivity contribution >= 4 is 10.0 Å². The second-order valence-corrected chi connectivity index (χ2v) is 7.19. The number of nitrogens with zero attached hydrogens (tertiary/aromatic N) is 1. The highest BCUT2D eigenvalue weighted by Gasteiger charge is 2.30. The van der Waals surface area contributed by atoms with Crippen molar-refractivity contribution in [2.75, 3.05) is 32.6 Å². The van der Waals surface area contributed by atoms with Crippen LogP contribution in [0.15, 0.2) is 0 Å². The zero-order chi connectivity index (χ0) is 15.2. The maximum atomic E-state index is 11.6. The first-order chi connectivity index (χ1) is 9.38. The third-order valence-corrected chi connectivity index (χ3v) is 4.77. The minimum absolute atomic E-state index is 0.150. The molecule has 1 saturated heterocycles. The highest BCUT2D eigenvalue weighted by molar-refractivity contribution is 7.88. The Labute approximate surface area is 122 Å². The van der Waals surface area contributed by atoms with E-state index < -0.39 is 22.4 Å². The largest absolute Gasteiger partial charge is 0.388 e. The Hall–Kier alpha value is -0.210. The van der Waals surface area contributed by atoms with Crippen molar-refractivity contribution < 1.29 is 23.0 Å². The van der Waals surface area contributed by atoms with Crippen LogP contribution < -0.4 is 0 Å². The molecule has 0 radical (unpaired) electrons. The number of hydrogen-bond donors (Lipinski definition) is 1. The molecule has 0 bridgehead atoms. The van der Waals surface area contributed by atoms with Gasteiger partial charge in [-0.1, -0.05) is 0 Å². The molecular weight excluding hydrogens is 282 g/mol. The number of aliphatic hydroxyl groups excluding tert-OH is 1. The number of sulfonamides is 1. The highest BCUT2D eigenvalue weighted by atomic mass is 32.2. The summed E-state index contributed by atoms with van der Waals surface area (Å²) >= 11 is 0. The minimum Gasteiger partial charge on any atom is -0.388 e. The van der Waals surface area contributed by atoms with Gasteiger partial charge in [0.25, 0.3) is 0 Å². The molecule has 0 aromatic rings. The first-order valence-corrected chi connectivity index (χ1v) is 9.09. The van der Waals surface area contributed by atoms with Crippen LogP contribution in [0, 0.1) is 5.92 Å². The highest BCUT2D eigenvalue weighted by Crippen LogP contribution is 2.24. The van der Waals surface area contributed by atoms with Gasteiger partial charge in [-0.05, 0) is 39.0 Å². The van der Waals surface area contributed by atoms with Gasteiger partial charge in [-0.25, -0.2) is 12.7 Å². The monoisotopic (exact) mass is 309 g/mol. The lowest BCUT2D eigenvalue weighted by Crippen LogP contribution is -2.42. The summed E-state index contributed by atoms with van der Waals surface area (Å²) in [6.07, 6.45) is 2.14. The van der Waals surface area contributed by atoms with Gasteiger partial charge in [0.05, 0.1) is 6.26 Å². The van der Waals surface area contributed by atoms with Gasteiger partial charge in [0.15, 0.2) is 6.29 Å². The van der Waals surface area contributed by atoms with Crippen LogP contribution in [0.25, 0.3) is 0 Å². The molecule has 0 spiro atoms. The molecule has 6 nitrogen and oxygen atoms in total. The molecule has 2 unspecified atom stereocenters. The van der Waals surface area contributed by atoms with Crippen LogP contribution in [0.3, 0.4) is 0 Å². The quantitative estimate of drug-likeness (QED) is 0.671. The van der Waals surface area contributed by atoms with Crippen molar-refractivity contribution in [3.05, 3.63) is 0 Å². The fourth-order valence-corrected chi connectivity index (χ4v) is 3.51. The molecule has 7 heteroatoms. The summed E-state index contributed by atoms with van der Waals surface area (Å²) < 4.78 is 35.4. The first-order valence-electron chi connectivity index (χ1n) is 7.24. The van der Waals surface area contributed by atoms with Crippen molar-refractivity contribution in [1.82, 2.24) is 4.31 Å². The molecule has 1 aliphatic heterocycles. The third-order valence-electron chi connectivity index (χ3n) is 3.50. The lowest BCUT2D eigenvalue weighted by molar-refractivity contribution is -0.193. The summed E-state index contributed by atoms with van der Waals surface area (Å²) in [5, 5.41) is 10.2. The maximum Gasteiger partial charge on any atom is 0.211 e. The standard InChI is InChI=1S/C13H27NO5S/c1-4-18-13(19-5-2)12(15)9-11-7-6-8-14(10-11)20(3,16)17/h11-13,15H,4-10H2,1-3H3. The van der Waals surface area contributed by atoms with Gasteiger partial charge < -0.3 is 14.6 Å². The van der Waals surface area contributed by atoms with E-state index in [1.54, 1.807) is 0 Å². The Morgan fingerprint density at radius 2 is 1.90 bits per heavy atom. The molecule has 1 rings (SSSR count). The number of aliphatic hydroxyl groups is 1. The van der Waals surface area contributed by atoms with Crippen molar-refractivity contribution in [1.29, 1.82) is 0 Å². The van der Waals surface area contributed by atoms with E-state index in [2.05, 4.69) is 0 Å². The topological polar surface area (TPSA) is 76.1 Å². The van der Waals surface area contributed by atoms with Gasteiger partial charge in [-0.15, -0.1) is 0 Å². The Balaban J connectivity index is 2.53. The molecule has 1 N–H and O–H groups in total. The molecule has 120 valence electrons. The minimum atomic E-state index is -3.15. The van der Waals surface area contributed by atoms with E-state index in [1.807, 2.05) is 13.8 Å². The zero-order valence-corrected chi connectivity index (χ0v) is 13.4. The van der Waals surface area contributed by atoms with Crippen molar-refractivity contribution in [2.45, 2.75) is 45.5 Å². The number of rotatable bonds is 8. The Bertz CT molecular complexity index is 367. The molecule has 0 aromatic carbocycles. The van der Waals surface area contributed by atoms with Crippen LogP contribution in [0.2, 0.25) is 0 Å². The predicted octanol–water partition coefficient (Wildman–Crippen LogP) is 0.808. The van der Waals surface area contributed by atoms with E-state index in [0.717, 1.165) is 12.8 Å². The van der Waals surface area contributed by atoms with E-state index in [1.165, 1.54) is 10.6 Å². The second-order valence-electron chi connectivity index (χ2n) is 5.21. The van der Waals surface area contributed by atoms with Crippen LogP contribution in [0.1, 0.15) is 33.1 Å². The van der Waals surface area contributed by atoms with Crippen molar-refractivity contribution in [2.24, 2.45) is 5.92 Å². The Morgan fingerprint density at radius 3 is 2.40 bits per heavy atom. The first kappa shape index (κ1) is 17.8. The van der Waals surface area contributed by atoms with Gasteiger partial charge in [-0.2, -0.15) is 0 Å². The third kappa shape index (κ3) is 5.65. The Morgan fingerprint density at radius 1 is 1.30 bits per heavy atom. The number of hydrogen-bond acceptors (Lipinski definition) is 5. The van der Waals surface area contributed by atoms with Crippen LogP contribution in [0.4, 0.5) is 0 Å². The second kappa shape index (κ2) is 8.29. The summed E-state index contributed by atoms with van der Waals surface area (Å²) in [6, 6.07) is 0. The maximum absolute atomic E-state index is 11.6. The summed E-state index contributed by atoms with van der Waals surface area (Å²) in [7, 11) is -3.15. The lowest BCUT2D eigenvalue weighted by Gasteiger charge is -2.33. The fourth-order valence-electron chi connectivity index (χ4n) is 2.57. The molecule has 1 aliphatic rings. The van der Waals surface area contributed by atoms with Gasteiger partial charge in [0.2, 0.25) is 10.0 Å². The van der Waals surface area contributed by atoms with Crippen molar-refractivity contribution in [3.8, 4) is 0 Å². The summed E-state index contributed by atoms with van der Waals surface area (Å²) in [4.78, 5) is 0. The molecule has 2 atom stereocenters. The average molecular weight is 309 g/mol. The molecule has 1 heterocycles. The van der Waals surface area contributed by atoms with Gasteiger partial charge in [0, 0.05) is 26.3 Å². The van der Waals surface area contributed by atoms with Gasteiger partial charge >= 0.3 is 0 Å². The van der Waals surface area contributed by atoms with Crippen LogP contribution >= 0.6 is 0 Å².